The maximum Gasteiger partial charge on any atom is 0.128 e. The first-order valence-electron chi connectivity index (χ1n) is 7.36. The highest BCUT2D eigenvalue weighted by atomic mass is 15.2. The molecule has 0 saturated carbocycles. The van der Waals surface area contributed by atoms with Crippen molar-refractivity contribution in [3.63, 3.8) is 0 Å². The summed E-state index contributed by atoms with van der Waals surface area (Å²) >= 11 is 0. The van der Waals surface area contributed by atoms with Crippen LogP contribution >= 0.6 is 0 Å². The molecule has 0 saturated heterocycles. The van der Waals surface area contributed by atoms with Crippen molar-refractivity contribution in [1.29, 1.82) is 0 Å². The first-order chi connectivity index (χ1) is 8.99. The van der Waals surface area contributed by atoms with Crippen LogP contribution in [-0.4, -0.2) is 25.1 Å². The zero-order valence-corrected chi connectivity index (χ0v) is 13.1. The minimum atomic E-state index is 0.678. The van der Waals surface area contributed by atoms with E-state index >= 15 is 0 Å². The Kier molecular flexibility index (Phi) is 6.85. The van der Waals surface area contributed by atoms with Crippen molar-refractivity contribution in [1.82, 2.24) is 10.3 Å². The Balaban J connectivity index is 2.51. The standard InChI is InChI=1S/C16H29N3/c1-13(2)9-10-19(5)16-8-6-7-15(18-16)12-17-11-14(3)4/h6-8,13-14,17H,9-12H2,1-5H3. The molecule has 0 amide bonds. The van der Waals surface area contributed by atoms with Gasteiger partial charge in [0.15, 0.2) is 0 Å². The number of hydrogen-bond donors (Lipinski definition) is 1. The molecule has 0 aliphatic carbocycles. The summed E-state index contributed by atoms with van der Waals surface area (Å²) in [5.41, 5.74) is 1.12. The van der Waals surface area contributed by atoms with Crippen molar-refractivity contribution >= 4 is 5.82 Å². The van der Waals surface area contributed by atoms with E-state index in [2.05, 4.69) is 63.2 Å². The van der Waals surface area contributed by atoms with Crippen molar-refractivity contribution < 1.29 is 0 Å². The van der Waals surface area contributed by atoms with Gasteiger partial charge in [0.2, 0.25) is 0 Å². The smallest absolute Gasteiger partial charge is 0.128 e. The van der Waals surface area contributed by atoms with Crippen LogP contribution in [0.5, 0.6) is 0 Å². The predicted molar refractivity (Wildman–Crippen MR) is 83.5 cm³/mol. The van der Waals surface area contributed by atoms with E-state index < -0.39 is 0 Å². The molecule has 0 bridgehead atoms. The fourth-order valence-corrected chi connectivity index (χ4v) is 1.83. The van der Waals surface area contributed by atoms with Gasteiger partial charge in [-0.15, -0.1) is 0 Å². The average Bonchev–Trinajstić information content (AvgIpc) is 2.36. The van der Waals surface area contributed by atoms with E-state index in [1.165, 1.54) is 6.42 Å². The molecule has 0 fully saturated rings. The molecule has 0 radical (unpaired) electrons. The van der Waals surface area contributed by atoms with Crippen LogP contribution in [-0.2, 0) is 6.54 Å². The van der Waals surface area contributed by atoms with E-state index in [1.807, 2.05) is 0 Å². The molecule has 1 aromatic rings. The molecule has 1 rings (SSSR count). The van der Waals surface area contributed by atoms with Crippen molar-refractivity contribution in [2.75, 3.05) is 25.0 Å². The quantitative estimate of drug-likeness (QED) is 0.780. The number of anilines is 1. The van der Waals surface area contributed by atoms with Crippen molar-refractivity contribution in [3.8, 4) is 0 Å². The molecule has 1 aromatic heterocycles. The van der Waals surface area contributed by atoms with Gasteiger partial charge in [0, 0.05) is 20.1 Å². The van der Waals surface area contributed by atoms with Crippen molar-refractivity contribution in [3.05, 3.63) is 23.9 Å². The van der Waals surface area contributed by atoms with E-state index in [0.29, 0.717) is 5.92 Å². The molecule has 0 aliphatic rings. The highest BCUT2D eigenvalue weighted by Crippen LogP contribution is 2.12. The summed E-state index contributed by atoms with van der Waals surface area (Å²) in [5.74, 6) is 2.49. The van der Waals surface area contributed by atoms with Gasteiger partial charge in [-0.1, -0.05) is 33.8 Å². The van der Waals surface area contributed by atoms with Crippen LogP contribution < -0.4 is 10.2 Å². The summed E-state index contributed by atoms with van der Waals surface area (Å²) in [6.45, 7) is 11.9. The van der Waals surface area contributed by atoms with Crippen LogP contribution in [0, 0.1) is 11.8 Å². The Labute approximate surface area is 118 Å². The molecule has 1 heterocycles. The predicted octanol–water partition coefficient (Wildman–Crippen LogP) is 3.31. The second kappa shape index (κ2) is 8.16. The van der Waals surface area contributed by atoms with Crippen molar-refractivity contribution in [2.45, 2.75) is 40.7 Å². The van der Waals surface area contributed by atoms with Crippen LogP contribution in [0.4, 0.5) is 5.82 Å². The second-order valence-corrected chi connectivity index (χ2v) is 6.12. The first-order valence-corrected chi connectivity index (χ1v) is 7.36. The zero-order chi connectivity index (χ0) is 14.3. The topological polar surface area (TPSA) is 28.2 Å². The fourth-order valence-electron chi connectivity index (χ4n) is 1.83. The summed E-state index contributed by atoms with van der Waals surface area (Å²) in [7, 11) is 2.12. The van der Waals surface area contributed by atoms with Gasteiger partial charge in [-0.25, -0.2) is 4.98 Å². The lowest BCUT2D eigenvalue weighted by Crippen LogP contribution is -2.23. The average molecular weight is 263 g/mol. The fraction of sp³-hybridized carbons (Fsp3) is 0.688. The third kappa shape index (κ3) is 6.58. The third-order valence-electron chi connectivity index (χ3n) is 3.08. The van der Waals surface area contributed by atoms with E-state index in [4.69, 9.17) is 4.98 Å². The first kappa shape index (κ1) is 16.0. The maximum absolute atomic E-state index is 4.71. The largest absolute Gasteiger partial charge is 0.360 e. The summed E-state index contributed by atoms with van der Waals surface area (Å²) in [4.78, 5) is 6.95. The number of hydrogen-bond acceptors (Lipinski definition) is 3. The molecular weight excluding hydrogens is 234 g/mol. The van der Waals surface area contributed by atoms with Gasteiger partial charge < -0.3 is 10.2 Å². The monoisotopic (exact) mass is 263 g/mol. The minimum Gasteiger partial charge on any atom is -0.360 e. The molecule has 0 atom stereocenters. The van der Waals surface area contributed by atoms with Gasteiger partial charge in [0.1, 0.15) is 5.82 Å². The Hall–Kier alpha value is -1.09. The number of rotatable bonds is 8. The van der Waals surface area contributed by atoms with Crippen LogP contribution in [0.25, 0.3) is 0 Å². The highest BCUT2D eigenvalue weighted by Gasteiger charge is 2.05. The molecule has 0 aliphatic heterocycles. The summed E-state index contributed by atoms with van der Waals surface area (Å²) < 4.78 is 0. The van der Waals surface area contributed by atoms with Gasteiger partial charge in [0.05, 0.1) is 5.69 Å². The molecule has 3 nitrogen and oxygen atoms in total. The lowest BCUT2D eigenvalue weighted by Gasteiger charge is -2.20. The van der Waals surface area contributed by atoms with Gasteiger partial charge in [-0.05, 0) is 36.9 Å². The van der Waals surface area contributed by atoms with Crippen LogP contribution in [0.3, 0.4) is 0 Å². The van der Waals surface area contributed by atoms with Crippen LogP contribution in [0.15, 0.2) is 18.2 Å². The molecular formula is C16H29N3. The summed E-state index contributed by atoms with van der Waals surface area (Å²) in [6, 6.07) is 6.28. The summed E-state index contributed by atoms with van der Waals surface area (Å²) in [6.07, 6.45) is 1.20. The van der Waals surface area contributed by atoms with E-state index in [9.17, 15) is 0 Å². The Morgan fingerprint density at radius 1 is 1.16 bits per heavy atom. The normalized spacial score (nSPS) is 11.3. The Bertz CT molecular complexity index is 361. The lowest BCUT2D eigenvalue weighted by molar-refractivity contribution is 0.547. The molecule has 108 valence electrons. The number of pyridine rings is 1. The van der Waals surface area contributed by atoms with Gasteiger partial charge in [-0.2, -0.15) is 0 Å². The van der Waals surface area contributed by atoms with Gasteiger partial charge >= 0.3 is 0 Å². The number of nitrogens with zero attached hydrogens (tertiary/aromatic N) is 2. The van der Waals surface area contributed by atoms with Gasteiger partial charge in [-0.3, -0.25) is 0 Å². The molecule has 0 unspecified atom stereocenters. The SMILES string of the molecule is CC(C)CCN(C)c1cccc(CNCC(C)C)n1. The Morgan fingerprint density at radius 3 is 2.53 bits per heavy atom. The van der Waals surface area contributed by atoms with Crippen LogP contribution in [0.1, 0.15) is 39.8 Å². The molecule has 3 heteroatoms. The second-order valence-electron chi connectivity index (χ2n) is 6.12. The van der Waals surface area contributed by atoms with Gasteiger partial charge in [0.25, 0.3) is 0 Å². The molecule has 0 spiro atoms. The van der Waals surface area contributed by atoms with E-state index in [-0.39, 0.29) is 0 Å². The lowest BCUT2D eigenvalue weighted by atomic mass is 10.1. The Morgan fingerprint density at radius 2 is 1.89 bits per heavy atom. The van der Waals surface area contributed by atoms with Crippen LogP contribution in [0.2, 0.25) is 0 Å². The third-order valence-corrected chi connectivity index (χ3v) is 3.08. The summed E-state index contributed by atoms with van der Waals surface area (Å²) in [5, 5.41) is 3.44. The highest BCUT2D eigenvalue weighted by molar-refractivity contribution is 5.38. The van der Waals surface area contributed by atoms with E-state index in [0.717, 1.165) is 37.1 Å². The molecule has 0 aromatic carbocycles. The van der Waals surface area contributed by atoms with E-state index in [1.54, 1.807) is 0 Å². The number of aromatic nitrogens is 1. The molecule has 19 heavy (non-hydrogen) atoms. The number of nitrogens with one attached hydrogen (secondary N) is 1. The maximum atomic E-state index is 4.71. The van der Waals surface area contributed by atoms with Crippen molar-refractivity contribution in [2.24, 2.45) is 11.8 Å². The molecule has 1 N–H and O–H groups in total. The minimum absolute atomic E-state index is 0.678. The zero-order valence-electron chi connectivity index (χ0n) is 13.1.